The van der Waals surface area contributed by atoms with Crippen molar-refractivity contribution in [3.63, 3.8) is 0 Å². The van der Waals surface area contributed by atoms with Gasteiger partial charge in [-0.25, -0.2) is 4.79 Å². The van der Waals surface area contributed by atoms with Gasteiger partial charge in [0.1, 0.15) is 5.75 Å². The van der Waals surface area contributed by atoms with Crippen LogP contribution in [0.4, 0.5) is 0 Å². The van der Waals surface area contributed by atoms with Crippen molar-refractivity contribution in [3.8, 4) is 5.75 Å². The van der Waals surface area contributed by atoms with Crippen molar-refractivity contribution in [2.24, 2.45) is 0 Å². The molecule has 2 N–H and O–H groups in total. The van der Waals surface area contributed by atoms with Gasteiger partial charge in [-0.1, -0.05) is 36.4 Å². The molecule has 0 aliphatic carbocycles. The van der Waals surface area contributed by atoms with Gasteiger partial charge in [-0.05, 0) is 42.2 Å². The number of ether oxygens (including phenoxy) is 1. The third-order valence-electron chi connectivity index (χ3n) is 4.43. The van der Waals surface area contributed by atoms with E-state index < -0.39 is 24.0 Å². The van der Waals surface area contributed by atoms with Crippen molar-refractivity contribution in [1.82, 2.24) is 5.32 Å². The van der Waals surface area contributed by atoms with E-state index in [1.54, 1.807) is 12.1 Å². The average Bonchev–Trinajstić information content (AvgIpc) is 2.99. The Balaban J connectivity index is 1.79. The van der Waals surface area contributed by atoms with Gasteiger partial charge in [0.2, 0.25) is 0 Å². The molecule has 2 unspecified atom stereocenters. The summed E-state index contributed by atoms with van der Waals surface area (Å²) in [6.07, 6.45) is -0.254. The standard InChI is InChI=1S/C19H19NO4/c1-11-6-5-8-14(12(11)2)17(19(22)23)20-18(21)16-10-13-7-3-4-9-15(13)24-16/h3-9,16-17H,10H2,1-2H3,(H,20,21)(H,22,23). The minimum atomic E-state index is -1.09. The van der Waals surface area contributed by atoms with Crippen LogP contribution in [0.3, 0.4) is 0 Å². The molecule has 0 fully saturated rings. The molecule has 124 valence electrons. The van der Waals surface area contributed by atoms with Crippen molar-refractivity contribution < 1.29 is 19.4 Å². The van der Waals surface area contributed by atoms with Crippen LogP contribution in [-0.4, -0.2) is 23.1 Å². The van der Waals surface area contributed by atoms with Crippen molar-refractivity contribution in [1.29, 1.82) is 0 Å². The van der Waals surface area contributed by atoms with E-state index in [0.29, 0.717) is 17.7 Å². The quantitative estimate of drug-likeness (QED) is 0.906. The molecule has 1 heterocycles. The summed E-state index contributed by atoms with van der Waals surface area (Å²) in [5.74, 6) is -0.830. The molecule has 2 aromatic carbocycles. The zero-order valence-corrected chi connectivity index (χ0v) is 13.6. The van der Waals surface area contributed by atoms with Crippen molar-refractivity contribution >= 4 is 11.9 Å². The molecule has 1 aliphatic rings. The van der Waals surface area contributed by atoms with Crippen molar-refractivity contribution in [3.05, 3.63) is 64.7 Å². The van der Waals surface area contributed by atoms with Crippen LogP contribution in [0.1, 0.15) is 28.3 Å². The largest absolute Gasteiger partial charge is 0.480 e. The Kier molecular flexibility index (Phi) is 4.25. The van der Waals surface area contributed by atoms with Crippen LogP contribution in [0.5, 0.6) is 5.75 Å². The molecule has 5 heteroatoms. The molecule has 24 heavy (non-hydrogen) atoms. The van der Waals surface area contributed by atoms with E-state index in [0.717, 1.165) is 16.7 Å². The molecule has 3 rings (SSSR count). The Labute approximate surface area is 140 Å². The highest BCUT2D eigenvalue weighted by Gasteiger charge is 2.32. The van der Waals surface area contributed by atoms with Crippen LogP contribution in [0.15, 0.2) is 42.5 Å². The third-order valence-corrected chi connectivity index (χ3v) is 4.43. The lowest BCUT2D eigenvalue weighted by Crippen LogP contribution is -2.42. The second-order valence-electron chi connectivity index (χ2n) is 5.99. The number of para-hydroxylation sites is 1. The van der Waals surface area contributed by atoms with Gasteiger partial charge in [0.25, 0.3) is 5.91 Å². The molecule has 1 amide bonds. The van der Waals surface area contributed by atoms with E-state index in [9.17, 15) is 14.7 Å². The first-order valence-electron chi connectivity index (χ1n) is 7.81. The number of aliphatic carboxylic acids is 1. The number of benzene rings is 2. The van der Waals surface area contributed by atoms with Crippen LogP contribution in [0, 0.1) is 13.8 Å². The maximum absolute atomic E-state index is 12.5. The summed E-state index contributed by atoms with van der Waals surface area (Å²) in [7, 11) is 0. The number of carboxylic acid groups (broad SMARTS) is 1. The Morgan fingerprint density at radius 2 is 1.92 bits per heavy atom. The summed E-state index contributed by atoms with van der Waals surface area (Å²) >= 11 is 0. The average molecular weight is 325 g/mol. The van der Waals surface area contributed by atoms with Gasteiger partial charge in [0.15, 0.2) is 12.1 Å². The predicted molar refractivity (Wildman–Crippen MR) is 89.0 cm³/mol. The fourth-order valence-electron chi connectivity index (χ4n) is 2.92. The highest BCUT2D eigenvalue weighted by atomic mass is 16.5. The Bertz CT molecular complexity index is 775. The molecule has 0 radical (unpaired) electrons. The number of fused-ring (bicyclic) bond motifs is 1. The van der Waals surface area contributed by atoms with E-state index in [2.05, 4.69) is 5.32 Å². The van der Waals surface area contributed by atoms with Gasteiger partial charge in [0, 0.05) is 6.42 Å². The predicted octanol–water partition coefficient (Wildman–Crippen LogP) is 2.55. The van der Waals surface area contributed by atoms with Crippen LogP contribution < -0.4 is 10.1 Å². The lowest BCUT2D eigenvalue weighted by Gasteiger charge is -2.20. The SMILES string of the molecule is Cc1cccc(C(NC(=O)C2Cc3ccccc3O2)C(=O)O)c1C. The summed E-state index contributed by atoms with van der Waals surface area (Å²) in [4.78, 5) is 24.2. The zero-order chi connectivity index (χ0) is 17.3. The summed E-state index contributed by atoms with van der Waals surface area (Å²) in [6.45, 7) is 3.77. The molecule has 0 saturated carbocycles. The number of hydrogen-bond acceptors (Lipinski definition) is 3. The molecular weight excluding hydrogens is 306 g/mol. The topological polar surface area (TPSA) is 75.6 Å². The number of carboxylic acids is 1. The molecule has 0 spiro atoms. The van der Waals surface area contributed by atoms with Crippen LogP contribution in [-0.2, 0) is 16.0 Å². The monoisotopic (exact) mass is 325 g/mol. The number of aryl methyl sites for hydroxylation is 1. The van der Waals surface area contributed by atoms with E-state index in [4.69, 9.17) is 4.74 Å². The normalized spacial score (nSPS) is 16.8. The third kappa shape index (κ3) is 2.97. The summed E-state index contributed by atoms with van der Waals surface area (Å²) in [5.41, 5.74) is 3.39. The first-order chi connectivity index (χ1) is 11.5. The molecule has 0 saturated heterocycles. The van der Waals surface area contributed by atoms with Crippen molar-refractivity contribution in [2.75, 3.05) is 0 Å². The Morgan fingerprint density at radius 1 is 1.17 bits per heavy atom. The van der Waals surface area contributed by atoms with Gasteiger partial charge >= 0.3 is 5.97 Å². The van der Waals surface area contributed by atoms with Crippen LogP contribution >= 0.6 is 0 Å². The van der Waals surface area contributed by atoms with Crippen LogP contribution in [0.25, 0.3) is 0 Å². The second kappa shape index (κ2) is 6.35. The minimum absolute atomic E-state index is 0.417. The maximum Gasteiger partial charge on any atom is 0.330 e. The molecule has 2 atom stereocenters. The summed E-state index contributed by atoms with van der Waals surface area (Å²) in [6, 6.07) is 11.8. The van der Waals surface area contributed by atoms with Gasteiger partial charge in [-0.3, -0.25) is 4.79 Å². The smallest absolute Gasteiger partial charge is 0.330 e. The molecule has 0 aromatic heterocycles. The number of amides is 1. The number of hydrogen-bond donors (Lipinski definition) is 2. The van der Waals surface area contributed by atoms with E-state index in [1.807, 2.05) is 44.2 Å². The highest BCUT2D eigenvalue weighted by molar-refractivity contribution is 5.88. The fraction of sp³-hybridized carbons (Fsp3) is 0.263. The number of carbonyl (C=O) groups is 2. The van der Waals surface area contributed by atoms with Gasteiger partial charge in [-0.2, -0.15) is 0 Å². The van der Waals surface area contributed by atoms with Gasteiger partial charge < -0.3 is 15.2 Å². The van der Waals surface area contributed by atoms with Crippen molar-refractivity contribution in [2.45, 2.75) is 32.4 Å². The Morgan fingerprint density at radius 3 is 2.62 bits per heavy atom. The molecular formula is C19H19NO4. The zero-order valence-electron chi connectivity index (χ0n) is 13.6. The fourth-order valence-corrected chi connectivity index (χ4v) is 2.92. The minimum Gasteiger partial charge on any atom is -0.480 e. The molecule has 2 aromatic rings. The van der Waals surface area contributed by atoms with Crippen LogP contribution in [0.2, 0.25) is 0 Å². The lowest BCUT2D eigenvalue weighted by atomic mass is 9.97. The molecule has 1 aliphatic heterocycles. The van der Waals surface area contributed by atoms with E-state index in [-0.39, 0.29) is 0 Å². The number of nitrogens with one attached hydrogen (secondary N) is 1. The summed E-state index contributed by atoms with van der Waals surface area (Å²) in [5, 5.41) is 12.2. The molecule has 5 nitrogen and oxygen atoms in total. The first kappa shape index (κ1) is 16.1. The van der Waals surface area contributed by atoms with E-state index in [1.165, 1.54) is 0 Å². The summed E-state index contributed by atoms with van der Waals surface area (Å²) < 4.78 is 5.63. The first-order valence-corrected chi connectivity index (χ1v) is 7.81. The molecule has 0 bridgehead atoms. The van der Waals surface area contributed by atoms with Gasteiger partial charge in [-0.15, -0.1) is 0 Å². The Hall–Kier alpha value is -2.82. The maximum atomic E-state index is 12.5. The lowest BCUT2D eigenvalue weighted by molar-refractivity contribution is -0.143. The van der Waals surface area contributed by atoms with E-state index >= 15 is 0 Å². The number of carbonyl (C=O) groups excluding carboxylic acids is 1. The second-order valence-corrected chi connectivity index (χ2v) is 5.99. The number of rotatable bonds is 4. The highest BCUT2D eigenvalue weighted by Crippen LogP contribution is 2.29. The van der Waals surface area contributed by atoms with Gasteiger partial charge in [0.05, 0.1) is 0 Å².